The first-order chi connectivity index (χ1) is 12.0. The molecule has 1 amide bonds. The number of aliphatic carboxylic acids is 1. The number of carbonyl (C=O) groups is 2. The highest BCUT2D eigenvalue weighted by molar-refractivity contribution is 5.98. The van der Waals surface area contributed by atoms with Crippen LogP contribution in [-0.4, -0.2) is 54.1 Å². The normalized spacial score (nSPS) is 13.3. The van der Waals surface area contributed by atoms with Gasteiger partial charge < -0.3 is 26.2 Å². The molecule has 0 saturated heterocycles. The van der Waals surface area contributed by atoms with E-state index in [1.807, 2.05) is 6.07 Å². The largest absolute Gasteiger partial charge is 0.494 e. The maximum atomic E-state index is 12.3. The molecule has 136 valence electrons. The summed E-state index contributed by atoms with van der Waals surface area (Å²) in [6.45, 7) is 1.35. The average molecular weight is 348 g/mol. The van der Waals surface area contributed by atoms with Crippen LogP contribution in [0.3, 0.4) is 0 Å². The molecule has 0 radical (unpaired) electrons. The summed E-state index contributed by atoms with van der Waals surface area (Å²) in [5.74, 6) is -0.407. The molecule has 0 saturated carbocycles. The summed E-state index contributed by atoms with van der Waals surface area (Å²) in [5, 5.41) is 8.84. The first-order valence-corrected chi connectivity index (χ1v) is 8.29. The highest BCUT2D eigenvalue weighted by Gasteiger charge is 2.25. The van der Waals surface area contributed by atoms with Gasteiger partial charge in [0.15, 0.2) is 5.96 Å². The lowest BCUT2D eigenvalue weighted by molar-refractivity contribution is -0.137. The van der Waals surface area contributed by atoms with E-state index in [1.165, 1.54) is 4.90 Å². The number of nitrogens with zero attached hydrogens (tertiary/aromatic N) is 2. The van der Waals surface area contributed by atoms with E-state index < -0.39 is 5.97 Å². The van der Waals surface area contributed by atoms with E-state index in [-0.39, 0.29) is 18.4 Å². The zero-order chi connectivity index (χ0) is 18.2. The summed E-state index contributed by atoms with van der Waals surface area (Å²) in [6, 6.07) is 5.32. The van der Waals surface area contributed by atoms with Crippen LogP contribution in [0.15, 0.2) is 23.2 Å². The second kappa shape index (κ2) is 8.91. The Hall–Kier alpha value is -2.77. The monoisotopic (exact) mass is 348 g/mol. The summed E-state index contributed by atoms with van der Waals surface area (Å²) < 4.78 is 5.72. The number of guanidine groups is 1. The third-order valence-electron chi connectivity index (χ3n) is 3.94. The molecule has 5 N–H and O–H groups in total. The Balaban J connectivity index is 1.81. The van der Waals surface area contributed by atoms with Crippen LogP contribution in [-0.2, 0) is 11.2 Å². The molecular formula is C17H24N4O4. The lowest BCUT2D eigenvalue weighted by Crippen LogP contribution is -2.40. The van der Waals surface area contributed by atoms with Crippen LogP contribution in [0.5, 0.6) is 5.75 Å². The van der Waals surface area contributed by atoms with Crippen molar-refractivity contribution in [2.45, 2.75) is 25.7 Å². The van der Waals surface area contributed by atoms with Gasteiger partial charge in [0, 0.05) is 18.7 Å². The van der Waals surface area contributed by atoms with E-state index in [0.717, 1.165) is 30.6 Å². The smallest absolute Gasteiger partial charge is 0.323 e. The van der Waals surface area contributed by atoms with E-state index in [4.69, 9.17) is 21.3 Å². The summed E-state index contributed by atoms with van der Waals surface area (Å²) in [5.41, 5.74) is 12.0. The summed E-state index contributed by atoms with van der Waals surface area (Å²) in [4.78, 5) is 28.3. The van der Waals surface area contributed by atoms with E-state index in [1.54, 1.807) is 12.1 Å². The van der Waals surface area contributed by atoms with Crippen LogP contribution in [0.1, 0.15) is 35.2 Å². The van der Waals surface area contributed by atoms with Crippen LogP contribution < -0.4 is 16.2 Å². The summed E-state index contributed by atoms with van der Waals surface area (Å²) in [6.07, 6.45) is 3.39. The Morgan fingerprint density at radius 3 is 2.80 bits per heavy atom. The van der Waals surface area contributed by atoms with Crippen molar-refractivity contribution in [1.82, 2.24) is 4.90 Å². The number of carboxylic acids is 1. The standard InChI is InChI=1S/C17H24N4O4/c18-17(19)20-7-2-1-3-9-25-13-4-5-14-12(10-13)6-8-21(16(14)24)11-15(22)23/h4-5,10H,1-3,6-9,11H2,(H,22,23)(H4,18,19,20). The van der Waals surface area contributed by atoms with E-state index in [9.17, 15) is 9.59 Å². The predicted molar refractivity (Wildman–Crippen MR) is 93.7 cm³/mol. The van der Waals surface area contributed by atoms with E-state index in [2.05, 4.69) is 4.99 Å². The topological polar surface area (TPSA) is 131 Å². The Kier molecular flexibility index (Phi) is 6.62. The third kappa shape index (κ3) is 5.66. The molecule has 25 heavy (non-hydrogen) atoms. The van der Waals surface area contributed by atoms with E-state index >= 15 is 0 Å². The van der Waals surface area contributed by atoms with Crippen molar-refractivity contribution in [3.05, 3.63) is 29.3 Å². The highest BCUT2D eigenvalue weighted by Crippen LogP contribution is 2.24. The first-order valence-electron chi connectivity index (χ1n) is 8.29. The SMILES string of the molecule is NC(N)=NCCCCCOc1ccc2c(c1)CCN(CC(=O)O)C2=O. The Morgan fingerprint density at radius 1 is 1.28 bits per heavy atom. The number of ether oxygens (including phenoxy) is 1. The molecule has 8 heteroatoms. The number of rotatable bonds is 9. The fourth-order valence-corrected chi connectivity index (χ4v) is 2.71. The molecule has 0 spiro atoms. The molecule has 2 rings (SSSR count). The van der Waals surface area contributed by atoms with Gasteiger partial charge >= 0.3 is 5.97 Å². The predicted octanol–water partition coefficient (Wildman–Crippen LogP) is 0.592. The summed E-state index contributed by atoms with van der Waals surface area (Å²) >= 11 is 0. The molecule has 0 unspecified atom stereocenters. The van der Waals surface area contributed by atoms with Crippen LogP contribution in [0.4, 0.5) is 0 Å². The molecule has 0 atom stereocenters. The molecule has 8 nitrogen and oxygen atoms in total. The number of hydrogen-bond acceptors (Lipinski definition) is 4. The molecule has 1 aromatic rings. The van der Waals surface area contributed by atoms with Gasteiger partial charge in [0.1, 0.15) is 12.3 Å². The maximum absolute atomic E-state index is 12.3. The Bertz CT molecular complexity index is 656. The minimum absolute atomic E-state index is 0.113. The van der Waals surface area contributed by atoms with Crippen molar-refractivity contribution in [1.29, 1.82) is 0 Å². The maximum Gasteiger partial charge on any atom is 0.323 e. The minimum atomic E-state index is -1.00. The zero-order valence-corrected chi connectivity index (χ0v) is 14.1. The van der Waals surface area contributed by atoms with Gasteiger partial charge in [-0.25, -0.2) is 0 Å². The van der Waals surface area contributed by atoms with Crippen molar-refractivity contribution < 1.29 is 19.4 Å². The molecule has 1 aromatic carbocycles. The highest BCUT2D eigenvalue weighted by atomic mass is 16.5. The number of nitrogens with two attached hydrogens (primary N) is 2. The van der Waals surface area contributed by atoms with Gasteiger partial charge in [-0.2, -0.15) is 0 Å². The molecule has 1 heterocycles. The molecule has 0 bridgehead atoms. The molecule has 0 fully saturated rings. The van der Waals surface area contributed by atoms with Crippen molar-refractivity contribution in [3.8, 4) is 5.75 Å². The number of carbonyl (C=O) groups excluding carboxylic acids is 1. The van der Waals surface area contributed by atoms with Gasteiger partial charge in [0.25, 0.3) is 5.91 Å². The second-order valence-corrected chi connectivity index (χ2v) is 5.91. The minimum Gasteiger partial charge on any atom is -0.494 e. The number of hydrogen-bond donors (Lipinski definition) is 3. The van der Waals surface area contributed by atoms with Crippen LogP contribution in [0, 0.1) is 0 Å². The fourth-order valence-electron chi connectivity index (χ4n) is 2.71. The van der Waals surface area contributed by atoms with Crippen LogP contribution in [0.2, 0.25) is 0 Å². The molecule has 0 aliphatic carbocycles. The van der Waals surface area contributed by atoms with E-state index in [0.29, 0.717) is 31.7 Å². The molecular weight excluding hydrogens is 324 g/mol. The Morgan fingerprint density at radius 2 is 2.08 bits per heavy atom. The molecule has 0 aromatic heterocycles. The van der Waals surface area contributed by atoms with Gasteiger partial charge in [0.05, 0.1) is 6.61 Å². The number of aliphatic imine (C=N–C) groups is 1. The van der Waals surface area contributed by atoms with Gasteiger partial charge in [-0.3, -0.25) is 14.6 Å². The number of amides is 1. The van der Waals surface area contributed by atoms with Gasteiger partial charge in [-0.15, -0.1) is 0 Å². The number of benzene rings is 1. The number of fused-ring (bicyclic) bond motifs is 1. The average Bonchev–Trinajstić information content (AvgIpc) is 2.56. The lowest BCUT2D eigenvalue weighted by Gasteiger charge is -2.27. The van der Waals surface area contributed by atoms with Gasteiger partial charge in [-0.05, 0) is 49.4 Å². The van der Waals surface area contributed by atoms with Crippen LogP contribution in [0.25, 0.3) is 0 Å². The number of unbranched alkanes of at least 4 members (excludes halogenated alkanes) is 2. The first kappa shape index (κ1) is 18.6. The van der Waals surface area contributed by atoms with Crippen molar-refractivity contribution in [2.75, 3.05) is 26.2 Å². The van der Waals surface area contributed by atoms with Crippen LogP contribution >= 0.6 is 0 Å². The zero-order valence-electron chi connectivity index (χ0n) is 14.1. The molecule has 1 aliphatic heterocycles. The fraction of sp³-hybridized carbons (Fsp3) is 0.471. The summed E-state index contributed by atoms with van der Waals surface area (Å²) in [7, 11) is 0. The Labute approximate surface area is 146 Å². The van der Waals surface area contributed by atoms with Crippen molar-refractivity contribution in [2.24, 2.45) is 16.5 Å². The molecule has 1 aliphatic rings. The van der Waals surface area contributed by atoms with Gasteiger partial charge in [0.2, 0.25) is 0 Å². The van der Waals surface area contributed by atoms with Gasteiger partial charge in [-0.1, -0.05) is 0 Å². The lowest BCUT2D eigenvalue weighted by atomic mass is 9.98. The quantitative estimate of drug-likeness (QED) is 0.340. The third-order valence-corrected chi connectivity index (χ3v) is 3.94. The second-order valence-electron chi connectivity index (χ2n) is 5.91. The van der Waals surface area contributed by atoms with Crippen molar-refractivity contribution in [3.63, 3.8) is 0 Å². The van der Waals surface area contributed by atoms with Crippen molar-refractivity contribution >= 4 is 17.8 Å². The number of carboxylic acid groups (broad SMARTS) is 1.